The van der Waals surface area contributed by atoms with Crippen molar-refractivity contribution in [3.8, 4) is 0 Å². The average molecular weight is 570 g/mol. The van der Waals surface area contributed by atoms with Gasteiger partial charge in [-0.3, -0.25) is 0 Å². The Labute approximate surface area is 243 Å². The van der Waals surface area contributed by atoms with E-state index in [-0.39, 0.29) is 24.4 Å². The van der Waals surface area contributed by atoms with Gasteiger partial charge >= 0.3 is 0 Å². The highest BCUT2D eigenvalue weighted by molar-refractivity contribution is 5.50. The number of fused-ring (bicyclic) bond motifs is 4. The first-order chi connectivity index (χ1) is 19.6. The minimum atomic E-state index is -1.19. The second-order valence-corrected chi connectivity index (χ2v) is 13.9. The molecule has 0 radical (unpaired) electrons. The predicted octanol–water partition coefficient (Wildman–Crippen LogP) is 4.14. The molecule has 1 aromatic rings. The Balaban J connectivity index is 1.35. The Kier molecular flexibility index (Phi) is 6.72. The average Bonchev–Trinajstić information content (AvgIpc) is 3.68. The SMILES string of the molecule is COCC1([C@@]2(O)CC[C@H]3[C@@H]4CC[C@@]5(O)CC6(CCC5=C4[C@@H](c4ccc(N(C)C)cc4)C[C@@]32C)OCCO6)OCCO1. The molecule has 226 valence electrons. The van der Waals surface area contributed by atoms with Crippen LogP contribution in [0, 0.1) is 17.3 Å². The van der Waals surface area contributed by atoms with Gasteiger partial charge in [0.1, 0.15) is 12.2 Å². The van der Waals surface area contributed by atoms with Crippen molar-refractivity contribution in [2.75, 3.05) is 59.1 Å². The molecule has 7 rings (SSSR count). The fourth-order valence-electron chi connectivity index (χ4n) is 10.0. The van der Waals surface area contributed by atoms with Crippen LogP contribution in [0.3, 0.4) is 0 Å². The highest BCUT2D eigenvalue weighted by atomic mass is 16.8. The van der Waals surface area contributed by atoms with E-state index in [1.165, 1.54) is 16.7 Å². The monoisotopic (exact) mass is 569 g/mol. The van der Waals surface area contributed by atoms with Crippen molar-refractivity contribution in [3.63, 3.8) is 0 Å². The number of allylic oxidation sites excluding steroid dienone is 1. The molecule has 6 aliphatic rings. The van der Waals surface area contributed by atoms with Gasteiger partial charge in [-0.1, -0.05) is 24.6 Å². The summed E-state index contributed by atoms with van der Waals surface area (Å²) in [6, 6.07) is 8.87. The molecule has 8 heteroatoms. The Morgan fingerprint density at radius 3 is 2.27 bits per heavy atom. The summed E-state index contributed by atoms with van der Waals surface area (Å²) in [7, 11) is 5.77. The highest BCUT2D eigenvalue weighted by Crippen LogP contribution is 2.70. The van der Waals surface area contributed by atoms with E-state index in [2.05, 4.69) is 50.2 Å². The highest BCUT2D eigenvalue weighted by Gasteiger charge is 2.72. The van der Waals surface area contributed by atoms with Crippen LogP contribution in [0.2, 0.25) is 0 Å². The minimum absolute atomic E-state index is 0.0735. The minimum Gasteiger partial charge on any atom is -0.385 e. The fourth-order valence-corrected chi connectivity index (χ4v) is 10.0. The molecule has 8 nitrogen and oxygen atoms in total. The number of rotatable bonds is 5. The molecule has 2 N–H and O–H groups in total. The van der Waals surface area contributed by atoms with Gasteiger partial charge < -0.3 is 38.8 Å². The lowest BCUT2D eigenvalue weighted by Crippen LogP contribution is -2.66. The van der Waals surface area contributed by atoms with Gasteiger partial charge in [-0.2, -0.15) is 0 Å². The molecule has 6 atom stereocenters. The van der Waals surface area contributed by atoms with Crippen LogP contribution in [0.15, 0.2) is 35.4 Å². The van der Waals surface area contributed by atoms with Gasteiger partial charge in [0.05, 0.1) is 32.0 Å². The van der Waals surface area contributed by atoms with E-state index in [4.69, 9.17) is 23.7 Å². The van der Waals surface area contributed by atoms with Gasteiger partial charge in [-0.25, -0.2) is 0 Å². The van der Waals surface area contributed by atoms with Crippen LogP contribution in [-0.4, -0.2) is 87.2 Å². The Morgan fingerprint density at radius 1 is 0.927 bits per heavy atom. The maximum absolute atomic E-state index is 12.8. The van der Waals surface area contributed by atoms with Crippen molar-refractivity contribution in [2.45, 2.75) is 87.0 Å². The molecular formula is C33H47NO7. The van der Waals surface area contributed by atoms with E-state index in [0.717, 1.165) is 37.8 Å². The Hall–Kier alpha value is -1.52. The van der Waals surface area contributed by atoms with E-state index >= 15 is 0 Å². The van der Waals surface area contributed by atoms with Crippen molar-refractivity contribution >= 4 is 5.69 Å². The molecule has 1 aromatic carbocycles. The third-order valence-corrected chi connectivity index (χ3v) is 11.9. The molecule has 3 saturated carbocycles. The molecule has 2 aliphatic heterocycles. The van der Waals surface area contributed by atoms with Gasteiger partial charge in [0, 0.05) is 51.1 Å². The second kappa shape index (κ2) is 9.74. The molecule has 0 aromatic heterocycles. The zero-order valence-electron chi connectivity index (χ0n) is 25.1. The quantitative estimate of drug-likeness (QED) is 0.512. The number of methoxy groups -OCH3 is 1. The number of ether oxygens (including phenoxy) is 5. The summed E-state index contributed by atoms with van der Waals surface area (Å²) in [4.78, 5) is 2.12. The molecule has 2 saturated heterocycles. The molecule has 0 amide bonds. The summed E-state index contributed by atoms with van der Waals surface area (Å²) >= 11 is 0. The maximum atomic E-state index is 12.8. The van der Waals surface area contributed by atoms with Crippen molar-refractivity contribution in [1.82, 2.24) is 0 Å². The van der Waals surface area contributed by atoms with Crippen molar-refractivity contribution < 1.29 is 33.9 Å². The number of aliphatic hydroxyl groups is 2. The van der Waals surface area contributed by atoms with Gasteiger partial charge in [0.15, 0.2) is 5.79 Å². The summed E-state index contributed by atoms with van der Waals surface area (Å²) in [5, 5.41) is 25.1. The third kappa shape index (κ3) is 3.98. The summed E-state index contributed by atoms with van der Waals surface area (Å²) in [5.74, 6) is -1.22. The van der Waals surface area contributed by atoms with Crippen LogP contribution < -0.4 is 4.90 Å². The summed E-state index contributed by atoms with van der Waals surface area (Å²) in [6.45, 7) is 4.58. The van der Waals surface area contributed by atoms with Crippen molar-refractivity contribution in [1.29, 1.82) is 0 Å². The van der Waals surface area contributed by atoms with E-state index in [0.29, 0.717) is 45.7 Å². The third-order valence-electron chi connectivity index (χ3n) is 11.9. The standard InChI is InChI=1S/C33H47NO7/c1-29-19-25(22-5-7-23(8-6-22)34(2)3)28-24(9-12-30(35)20-31(13-10-27(28)30)38-15-16-39-31)26(29)11-14-32(29,36)33(21-37-4)40-17-18-41-33/h5-8,24-26,35-36H,9-21H2,1-4H3/t24-,25+,26-,29-,30+,32+/m0/s1. The molecular weight excluding hydrogens is 522 g/mol. The van der Waals surface area contributed by atoms with Crippen LogP contribution in [0.5, 0.6) is 0 Å². The van der Waals surface area contributed by atoms with Crippen LogP contribution in [0.4, 0.5) is 5.69 Å². The molecule has 41 heavy (non-hydrogen) atoms. The van der Waals surface area contributed by atoms with E-state index in [9.17, 15) is 10.2 Å². The fraction of sp³-hybridized carbons (Fsp3) is 0.758. The van der Waals surface area contributed by atoms with Crippen LogP contribution in [-0.2, 0) is 23.7 Å². The van der Waals surface area contributed by atoms with E-state index < -0.39 is 28.2 Å². The largest absolute Gasteiger partial charge is 0.385 e. The summed E-state index contributed by atoms with van der Waals surface area (Å²) < 4.78 is 30.4. The summed E-state index contributed by atoms with van der Waals surface area (Å²) in [6.07, 6.45) is 5.90. The lowest BCUT2D eigenvalue weighted by molar-refractivity contribution is -0.319. The van der Waals surface area contributed by atoms with Gasteiger partial charge in [0.25, 0.3) is 0 Å². The number of nitrogens with zero attached hydrogens (tertiary/aromatic N) is 1. The maximum Gasteiger partial charge on any atom is 0.222 e. The lowest BCUT2D eigenvalue weighted by atomic mass is 9.49. The zero-order chi connectivity index (χ0) is 28.7. The number of hydrogen-bond donors (Lipinski definition) is 2. The molecule has 0 bridgehead atoms. The molecule has 4 aliphatic carbocycles. The smallest absolute Gasteiger partial charge is 0.222 e. The Bertz CT molecular complexity index is 1190. The zero-order valence-corrected chi connectivity index (χ0v) is 25.1. The van der Waals surface area contributed by atoms with Gasteiger partial charge in [-0.15, -0.1) is 0 Å². The second-order valence-electron chi connectivity index (χ2n) is 13.9. The van der Waals surface area contributed by atoms with Gasteiger partial charge in [0.2, 0.25) is 5.79 Å². The van der Waals surface area contributed by atoms with E-state index in [1.54, 1.807) is 7.11 Å². The summed E-state index contributed by atoms with van der Waals surface area (Å²) in [5.41, 5.74) is 2.44. The first-order valence-electron chi connectivity index (χ1n) is 15.6. The number of anilines is 1. The number of hydrogen-bond acceptors (Lipinski definition) is 8. The molecule has 0 unspecified atom stereocenters. The molecule has 2 heterocycles. The number of benzene rings is 1. The van der Waals surface area contributed by atoms with E-state index in [1.807, 2.05) is 0 Å². The van der Waals surface area contributed by atoms with Gasteiger partial charge in [-0.05, 0) is 73.6 Å². The van der Waals surface area contributed by atoms with Crippen molar-refractivity contribution in [3.05, 3.63) is 41.0 Å². The lowest BCUT2D eigenvalue weighted by Gasteiger charge is -2.59. The predicted molar refractivity (Wildman–Crippen MR) is 154 cm³/mol. The molecule has 5 fully saturated rings. The normalized spacial score (nSPS) is 40.9. The van der Waals surface area contributed by atoms with Crippen molar-refractivity contribution in [2.24, 2.45) is 17.3 Å². The van der Waals surface area contributed by atoms with Crippen LogP contribution in [0.1, 0.15) is 69.8 Å². The Morgan fingerprint density at radius 2 is 1.61 bits per heavy atom. The van der Waals surface area contributed by atoms with Crippen LogP contribution in [0.25, 0.3) is 0 Å². The first kappa shape index (κ1) is 28.3. The first-order valence-corrected chi connectivity index (χ1v) is 15.6. The topological polar surface area (TPSA) is 89.9 Å². The van der Waals surface area contributed by atoms with Crippen LogP contribution >= 0.6 is 0 Å². The molecule has 1 spiro atoms.